The van der Waals surface area contributed by atoms with Gasteiger partial charge in [0.25, 0.3) is 5.56 Å². The summed E-state index contributed by atoms with van der Waals surface area (Å²) >= 11 is 0. The van der Waals surface area contributed by atoms with Crippen LogP contribution in [0.1, 0.15) is 72.6 Å². The fourth-order valence-corrected chi connectivity index (χ4v) is 5.91. The Morgan fingerprint density at radius 2 is 1.67 bits per heavy atom. The number of fused-ring (bicyclic) bond motifs is 1. The summed E-state index contributed by atoms with van der Waals surface area (Å²) in [5, 5.41) is 3.74. The minimum absolute atomic E-state index is 0.0167. The molecule has 2 N–H and O–H groups in total. The van der Waals surface area contributed by atoms with Gasteiger partial charge in [0.1, 0.15) is 0 Å². The predicted molar refractivity (Wildman–Crippen MR) is 141 cm³/mol. The third-order valence-electron chi connectivity index (χ3n) is 8.34. The number of rotatable bonds is 8. The van der Waals surface area contributed by atoms with E-state index in [9.17, 15) is 14.4 Å². The van der Waals surface area contributed by atoms with Crippen LogP contribution >= 0.6 is 0 Å². The number of hydrogen-bond donors (Lipinski definition) is 2. The van der Waals surface area contributed by atoms with Crippen molar-refractivity contribution in [3.05, 3.63) is 33.0 Å². The van der Waals surface area contributed by atoms with Gasteiger partial charge in [-0.15, -0.1) is 0 Å². The minimum atomic E-state index is -0.417. The largest absolute Gasteiger partial charge is 0.490 e. The smallest absolute Gasteiger partial charge is 0.328 e. The van der Waals surface area contributed by atoms with E-state index in [-0.39, 0.29) is 29.3 Å². The zero-order chi connectivity index (χ0) is 25.8. The summed E-state index contributed by atoms with van der Waals surface area (Å²) in [5.74, 6) is 2.54. The maximum atomic E-state index is 13.3. The van der Waals surface area contributed by atoms with Gasteiger partial charge in [0, 0.05) is 24.6 Å². The maximum Gasteiger partial charge on any atom is 0.328 e. The second-order valence-corrected chi connectivity index (χ2v) is 10.7. The number of amides is 1. The average Bonchev–Trinajstić information content (AvgIpc) is 2.86. The first-order chi connectivity index (χ1) is 17.3. The molecular formula is C28H41N3O5. The van der Waals surface area contributed by atoms with Crippen LogP contribution in [0.4, 0.5) is 0 Å². The molecule has 8 nitrogen and oxygen atoms in total. The predicted octanol–water partition coefficient (Wildman–Crippen LogP) is 4.23. The lowest BCUT2D eigenvalue weighted by Gasteiger charge is -2.36. The normalized spacial score (nSPS) is 26.5. The lowest BCUT2D eigenvalue weighted by atomic mass is 9.77. The number of aromatic amines is 1. The van der Waals surface area contributed by atoms with Crippen molar-refractivity contribution in [3.63, 3.8) is 0 Å². The molecule has 2 aromatic rings. The van der Waals surface area contributed by atoms with E-state index in [1.54, 1.807) is 12.1 Å². The lowest BCUT2D eigenvalue weighted by Crippen LogP contribution is -2.46. The van der Waals surface area contributed by atoms with Gasteiger partial charge in [0.2, 0.25) is 5.91 Å². The Kier molecular flexibility index (Phi) is 8.42. The van der Waals surface area contributed by atoms with Gasteiger partial charge in [0.15, 0.2) is 11.5 Å². The lowest BCUT2D eigenvalue weighted by molar-refractivity contribution is -0.127. The Balaban J connectivity index is 1.43. The van der Waals surface area contributed by atoms with Crippen LogP contribution in [0.2, 0.25) is 0 Å². The van der Waals surface area contributed by atoms with Gasteiger partial charge >= 0.3 is 5.69 Å². The van der Waals surface area contributed by atoms with Crippen LogP contribution < -0.4 is 26.0 Å². The number of nitrogens with one attached hydrogen (secondary N) is 2. The van der Waals surface area contributed by atoms with Crippen molar-refractivity contribution in [2.45, 2.75) is 85.2 Å². The molecular weight excluding hydrogens is 458 g/mol. The van der Waals surface area contributed by atoms with Gasteiger partial charge in [-0.1, -0.05) is 26.7 Å². The van der Waals surface area contributed by atoms with Crippen molar-refractivity contribution in [2.75, 3.05) is 13.2 Å². The number of aromatic nitrogens is 2. The van der Waals surface area contributed by atoms with Crippen molar-refractivity contribution in [2.24, 2.45) is 23.7 Å². The van der Waals surface area contributed by atoms with Gasteiger partial charge in [0.05, 0.1) is 24.1 Å². The molecule has 36 heavy (non-hydrogen) atoms. The molecule has 0 bridgehead atoms. The van der Waals surface area contributed by atoms with E-state index in [0.29, 0.717) is 54.0 Å². The fourth-order valence-electron chi connectivity index (χ4n) is 5.91. The van der Waals surface area contributed by atoms with E-state index in [1.165, 1.54) is 17.4 Å². The third kappa shape index (κ3) is 5.62. The fraction of sp³-hybridized carbons (Fsp3) is 0.679. The first kappa shape index (κ1) is 26.3. The van der Waals surface area contributed by atoms with E-state index < -0.39 is 5.69 Å². The first-order valence-electron chi connectivity index (χ1n) is 13.7. The van der Waals surface area contributed by atoms with E-state index in [0.717, 1.165) is 32.1 Å². The average molecular weight is 500 g/mol. The molecule has 1 aromatic heterocycles. The number of ether oxygens (including phenoxy) is 2. The van der Waals surface area contributed by atoms with E-state index in [1.807, 2.05) is 13.8 Å². The molecule has 2 aliphatic carbocycles. The molecule has 198 valence electrons. The highest BCUT2D eigenvalue weighted by atomic mass is 16.5. The van der Waals surface area contributed by atoms with Gasteiger partial charge in [-0.25, -0.2) is 4.79 Å². The Hall–Kier alpha value is -2.77. The monoisotopic (exact) mass is 499 g/mol. The summed E-state index contributed by atoms with van der Waals surface area (Å²) in [6.45, 7) is 9.52. The molecule has 2 saturated carbocycles. The Morgan fingerprint density at radius 1 is 1.00 bits per heavy atom. The molecule has 0 radical (unpaired) electrons. The maximum absolute atomic E-state index is 13.3. The molecule has 1 amide bonds. The van der Waals surface area contributed by atoms with Crippen molar-refractivity contribution >= 4 is 16.8 Å². The van der Waals surface area contributed by atoms with Crippen LogP contribution in [0.15, 0.2) is 21.7 Å². The van der Waals surface area contributed by atoms with Crippen molar-refractivity contribution < 1.29 is 14.3 Å². The van der Waals surface area contributed by atoms with Crippen LogP contribution in [0, 0.1) is 23.7 Å². The number of nitrogens with zero attached hydrogens (tertiary/aromatic N) is 1. The highest BCUT2D eigenvalue weighted by Gasteiger charge is 2.32. The molecule has 4 rings (SSSR count). The summed E-state index contributed by atoms with van der Waals surface area (Å²) in [4.78, 5) is 41.9. The first-order valence-corrected chi connectivity index (χ1v) is 13.7. The van der Waals surface area contributed by atoms with Gasteiger partial charge in [-0.2, -0.15) is 0 Å². The zero-order valence-electron chi connectivity index (χ0n) is 22.1. The van der Waals surface area contributed by atoms with Crippen LogP contribution in [-0.4, -0.2) is 34.7 Å². The summed E-state index contributed by atoms with van der Waals surface area (Å²) < 4.78 is 12.6. The quantitative estimate of drug-likeness (QED) is 0.566. The number of benzene rings is 1. The molecule has 8 heteroatoms. The van der Waals surface area contributed by atoms with Crippen LogP contribution in [0.3, 0.4) is 0 Å². The summed E-state index contributed by atoms with van der Waals surface area (Å²) in [7, 11) is 0. The Bertz CT molecular complexity index is 1180. The summed E-state index contributed by atoms with van der Waals surface area (Å²) in [5.41, 5.74) is -0.294. The second-order valence-electron chi connectivity index (χ2n) is 10.7. The number of H-pyrrole nitrogens is 1. The van der Waals surface area contributed by atoms with Crippen molar-refractivity contribution in [1.82, 2.24) is 14.9 Å². The SMILES string of the molecule is CCOc1cc2[nH]c(=O)n(CC3CCC(C(=O)NC4CCCC(C)C4C)CC3)c(=O)c2cc1OCC. The van der Waals surface area contributed by atoms with Crippen LogP contribution in [0.25, 0.3) is 10.9 Å². The molecule has 3 unspecified atom stereocenters. The number of carbonyl (C=O) groups excluding carboxylic acids is 1. The minimum Gasteiger partial charge on any atom is -0.490 e. The van der Waals surface area contributed by atoms with Crippen molar-refractivity contribution in [3.8, 4) is 11.5 Å². The van der Waals surface area contributed by atoms with Crippen LogP contribution in [0.5, 0.6) is 11.5 Å². The third-order valence-corrected chi connectivity index (χ3v) is 8.34. The topological polar surface area (TPSA) is 102 Å². The summed E-state index contributed by atoms with van der Waals surface area (Å²) in [6.07, 6.45) is 6.72. The van der Waals surface area contributed by atoms with E-state index >= 15 is 0 Å². The van der Waals surface area contributed by atoms with Gasteiger partial charge < -0.3 is 19.8 Å². The van der Waals surface area contributed by atoms with E-state index in [4.69, 9.17) is 9.47 Å². The second kappa shape index (κ2) is 11.5. The number of hydrogen-bond acceptors (Lipinski definition) is 5. The molecule has 1 heterocycles. The molecule has 3 atom stereocenters. The van der Waals surface area contributed by atoms with Crippen molar-refractivity contribution in [1.29, 1.82) is 0 Å². The van der Waals surface area contributed by atoms with Gasteiger partial charge in [-0.05, 0) is 69.8 Å². The molecule has 2 fully saturated rings. The molecule has 1 aromatic carbocycles. The van der Waals surface area contributed by atoms with Crippen LogP contribution in [-0.2, 0) is 11.3 Å². The Morgan fingerprint density at radius 3 is 2.33 bits per heavy atom. The number of carbonyl (C=O) groups is 1. The molecule has 0 saturated heterocycles. The molecule has 0 aliphatic heterocycles. The Labute approximate surface area is 212 Å². The summed E-state index contributed by atoms with van der Waals surface area (Å²) in [6, 6.07) is 3.60. The highest BCUT2D eigenvalue weighted by Crippen LogP contribution is 2.33. The molecule has 2 aliphatic rings. The standard InChI is InChI=1S/C28H41N3O5/c1-5-35-24-14-21-23(15-25(24)36-6-2)30-28(34)31(27(21)33)16-19-10-12-20(13-11-19)26(32)29-22-9-7-8-17(3)18(22)4/h14-15,17-20,22H,5-13,16H2,1-4H3,(H,29,32)(H,30,34). The van der Waals surface area contributed by atoms with Gasteiger partial charge in [-0.3, -0.25) is 14.2 Å². The highest BCUT2D eigenvalue weighted by molar-refractivity contribution is 5.81. The zero-order valence-corrected chi connectivity index (χ0v) is 22.1. The van der Waals surface area contributed by atoms with E-state index in [2.05, 4.69) is 24.1 Å². The molecule has 0 spiro atoms.